The number of hydrogen-bond donors (Lipinski definition) is 4. The highest BCUT2D eigenvalue weighted by Crippen LogP contribution is 2.40. The van der Waals surface area contributed by atoms with E-state index in [-0.39, 0.29) is 24.7 Å². The summed E-state index contributed by atoms with van der Waals surface area (Å²) in [6.07, 6.45) is 10.5. The lowest BCUT2D eigenvalue weighted by atomic mass is 9.85. The highest BCUT2D eigenvalue weighted by atomic mass is 16.6. The van der Waals surface area contributed by atoms with Crippen molar-refractivity contribution >= 4 is 16.8 Å². The molecule has 0 saturated heterocycles. The molecule has 5 heteroatoms. The first-order valence-corrected chi connectivity index (χ1v) is 8.96. The molecule has 1 aromatic rings. The number of methoxy groups -OCH3 is 1. The van der Waals surface area contributed by atoms with Crippen LogP contribution in [0.5, 0.6) is 0 Å². The van der Waals surface area contributed by atoms with Crippen molar-refractivity contribution in [2.75, 3.05) is 19.2 Å². The van der Waals surface area contributed by atoms with Crippen molar-refractivity contribution in [1.29, 1.82) is 0 Å². The SMILES string of the molecule is CC1=CC(C)(C)Nc2ccc(C3=CC=CCC=C3O)c(CO)c21.COCO. The molecule has 0 atom stereocenters. The molecule has 146 valence electrons. The third-order valence-electron chi connectivity index (χ3n) is 4.44. The minimum atomic E-state index is -0.181. The molecule has 1 aromatic carbocycles. The van der Waals surface area contributed by atoms with Crippen LogP contribution in [0.1, 0.15) is 43.9 Å². The van der Waals surface area contributed by atoms with Gasteiger partial charge in [-0.25, -0.2) is 0 Å². The van der Waals surface area contributed by atoms with Gasteiger partial charge in [-0.15, -0.1) is 0 Å². The fourth-order valence-electron chi connectivity index (χ4n) is 3.46. The zero-order valence-electron chi connectivity index (χ0n) is 16.4. The van der Waals surface area contributed by atoms with Crippen molar-refractivity contribution in [3.8, 4) is 0 Å². The van der Waals surface area contributed by atoms with Crippen LogP contribution < -0.4 is 5.32 Å². The number of rotatable bonds is 3. The molecule has 1 aliphatic carbocycles. The van der Waals surface area contributed by atoms with E-state index in [1.54, 1.807) is 6.08 Å². The van der Waals surface area contributed by atoms with Crippen molar-refractivity contribution in [2.45, 2.75) is 39.3 Å². The number of aliphatic hydroxyl groups excluding tert-OH is 3. The number of benzene rings is 1. The van der Waals surface area contributed by atoms with Crippen molar-refractivity contribution in [1.82, 2.24) is 0 Å². The van der Waals surface area contributed by atoms with Crippen LogP contribution in [0.2, 0.25) is 0 Å². The maximum Gasteiger partial charge on any atom is 0.143 e. The fraction of sp³-hybridized carbons (Fsp3) is 0.364. The van der Waals surface area contributed by atoms with Crippen LogP contribution in [0.15, 0.2) is 48.3 Å². The number of fused-ring (bicyclic) bond motifs is 1. The summed E-state index contributed by atoms with van der Waals surface area (Å²) in [6.45, 7) is 6.07. The number of ether oxygens (including phenoxy) is 1. The van der Waals surface area contributed by atoms with E-state index in [2.05, 4.69) is 36.9 Å². The molecule has 5 nitrogen and oxygen atoms in total. The first kappa shape index (κ1) is 21.0. The molecule has 0 aromatic heterocycles. The van der Waals surface area contributed by atoms with Gasteiger partial charge in [-0.2, -0.15) is 0 Å². The Hall–Kier alpha value is -2.34. The number of aliphatic hydroxyl groups is 3. The van der Waals surface area contributed by atoms with Crippen LogP contribution in [0, 0.1) is 0 Å². The van der Waals surface area contributed by atoms with E-state index >= 15 is 0 Å². The lowest BCUT2D eigenvalue weighted by molar-refractivity contribution is 0.0325. The standard InChI is InChI=1S/C20H23NO2.C2H6O2/c1-13-11-20(2,3)21-17-10-9-14(16(12-22)19(13)17)15-7-5-4-6-8-18(15)23;1-4-2-3/h4-5,7-11,21-23H,6,12H2,1-3H3;3H,2H2,1H3. The Morgan fingerprint density at radius 3 is 2.56 bits per heavy atom. The van der Waals surface area contributed by atoms with Crippen LogP contribution in [0.3, 0.4) is 0 Å². The van der Waals surface area contributed by atoms with E-state index in [0.717, 1.165) is 33.5 Å². The number of anilines is 1. The van der Waals surface area contributed by atoms with Gasteiger partial charge in [0.1, 0.15) is 12.6 Å². The normalized spacial score (nSPS) is 17.3. The summed E-state index contributed by atoms with van der Waals surface area (Å²) < 4.78 is 4.10. The molecule has 0 saturated carbocycles. The number of nitrogens with one attached hydrogen (secondary N) is 1. The molecule has 0 radical (unpaired) electrons. The minimum Gasteiger partial charge on any atom is -0.508 e. The smallest absolute Gasteiger partial charge is 0.143 e. The van der Waals surface area contributed by atoms with Gasteiger partial charge in [-0.3, -0.25) is 0 Å². The summed E-state index contributed by atoms with van der Waals surface area (Å²) >= 11 is 0. The van der Waals surface area contributed by atoms with Gasteiger partial charge in [-0.1, -0.05) is 30.4 Å². The first-order valence-electron chi connectivity index (χ1n) is 8.96. The average molecular weight is 371 g/mol. The molecular weight excluding hydrogens is 342 g/mol. The molecule has 0 unspecified atom stereocenters. The second kappa shape index (κ2) is 9.04. The lowest BCUT2D eigenvalue weighted by Crippen LogP contribution is -2.32. The summed E-state index contributed by atoms with van der Waals surface area (Å²) in [6, 6.07) is 4.01. The lowest BCUT2D eigenvalue weighted by Gasteiger charge is -2.33. The van der Waals surface area contributed by atoms with Crippen molar-refractivity contribution in [3.63, 3.8) is 0 Å². The van der Waals surface area contributed by atoms with Gasteiger partial charge in [0.05, 0.1) is 12.1 Å². The summed E-state index contributed by atoms with van der Waals surface area (Å²) in [4.78, 5) is 0. The van der Waals surface area contributed by atoms with Crippen molar-refractivity contribution in [3.05, 3.63) is 65.0 Å². The Balaban J connectivity index is 0.000000596. The van der Waals surface area contributed by atoms with E-state index in [9.17, 15) is 10.2 Å². The number of allylic oxidation sites excluding steroid dienone is 6. The molecule has 1 heterocycles. The largest absolute Gasteiger partial charge is 0.508 e. The predicted molar refractivity (Wildman–Crippen MR) is 110 cm³/mol. The van der Waals surface area contributed by atoms with Crippen molar-refractivity contribution in [2.24, 2.45) is 0 Å². The third-order valence-corrected chi connectivity index (χ3v) is 4.44. The maximum atomic E-state index is 10.3. The second-order valence-corrected chi connectivity index (χ2v) is 7.10. The Morgan fingerprint density at radius 1 is 1.22 bits per heavy atom. The Bertz CT molecular complexity index is 799. The molecule has 3 rings (SSSR count). The van der Waals surface area contributed by atoms with Crippen LogP contribution in [-0.4, -0.2) is 34.8 Å². The van der Waals surface area contributed by atoms with Gasteiger partial charge < -0.3 is 25.4 Å². The zero-order chi connectivity index (χ0) is 20.0. The minimum absolute atomic E-state index is 0.0693. The second-order valence-electron chi connectivity index (χ2n) is 7.10. The summed E-state index contributed by atoms with van der Waals surface area (Å²) in [5.41, 5.74) is 5.56. The Labute approximate surface area is 161 Å². The van der Waals surface area contributed by atoms with E-state index in [1.165, 1.54) is 7.11 Å². The fourth-order valence-corrected chi connectivity index (χ4v) is 3.46. The van der Waals surface area contributed by atoms with Gasteiger partial charge in [0, 0.05) is 23.9 Å². The van der Waals surface area contributed by atoms with Gasteiger partial charge in [0.25, 0.3) is 0 Å². The molecule has 0 spiro atoms. The van der Waals surface area contributed by atoms with Crippen LogP contribution in [-0.2, 0) is 11.3 Å². The van der Waals surface area contributed by atoms with Crippen LogP contribution in [0.25, 0.3) is 11.1 Å². The maximum absolute atomic E-state index is 10.3. The number of hydrogen-bond acceptors (Lipinski definition) is 5. The van der Waals surface area contributed by atoms with Crippen LogP contribution >= 0.6 is 0 Å². The highest BCUT2D eigenvalue weighted by Gasteiger charge is 2.26. The van der Waals surface area contributed by atoms with Crippen molar-refractivity contribution < 1.29 is 20.1 Å². The van der Waals surface area contributed by atoms with E-state index in [1.807, 2.05) is 30.4 Å². The molecule has 0 fully saturated rings. The molecule has 0 bridgehead atoms. The predicted octanol–water partition coefficient (Wildman–Crippen LogP) is 4.15. The van der Waals surface area contributed by atoms with E-state index in [4.69, 9.17) is 5.11 Å². The first-order chi connectivity index (χ1) is 12.8. The Morgan fingerprint density at radius 2 is 1.93 bits per heavy atom. The van der Waals surface area contributed by atoms with Gasteiger partial charge >= 0.3 is 0 Å². The summed E-state index contributed by atoms with van der Waals surface area (Å²) in [5.74, 6) is 0.260. The van der Waals surface area contributed by atoms with Crippen LogP contribution in [0.4, 0.5) is 5.69 Å². The van der Waals surface area contributed by atoms with E-state index < -0.39 is 0 Å². The third kappa shape index (κ3) is 4.89. The molecule has 2 aliphatic rings. The van der Waals surface area contributed by atoms with Gasteiger partial charge in [0.2, 0.25) is 0 Å². The average Bonchev–Trinajstić information content (AvgIpc) is 2.84. The highest BCUT2D eigenvalue weighted by molar-refractivity contribution is 5.89. The molecule has 0 amide bonds. The quantitative estimate of drug-likeness (QED) is 0.600. The summed E-state index contributed by atoms with van der Waals surface area (Å²) in [5, 5.41) is 31.5. The molecule has 27 heavy (non-hydrogen) atoms. The molecule has 1 aliphatic heterocycles. The van der Waals surface area contributed by atoms with Gasteiger partial charge in [0.15, 0.2) is 0 Å². The Kier molecular flexibility index (Phi) is 7.02. The zero-order valence-corrected chi connectivity index (χ0v) is 16.4. The van der Waals surface area contributed by atoms with E-state index in [0.29, 0.717) is 6.42 Å². The monoisotopic (exact) mass is 371 g/mol. The summed E-state index contributed by atoms with van der Waals surface area (Å²) in [7, 11) is 1.43. The molecule has 4 N–H and O–H groups in total. The molecular formula is C22H29NO4. The van der Waals surface area contributed by atoms with Gasteiger partial charge in [-0.05, 0) is 56.0 Å². The topological polar surface area (TPSA) is 82.0 Å².